The molecule has 1 aliphatic carbocycles. The molecule has 5 unspecified atom stereocenters. The molecule has 3 fully saturated rings. The second-order valence-electron chi connectivity index (χ2n) is 8.75. The van der Waals surface area contributed by atoms with Crippen molar-refractivity contribution in [3.05, 3.63) is 11.8 Å². The van der Waals surface area contributed by atoms with Crippen LogP contribution in [0, 0.1) is 11.8 Å². The van der Waals surface area contributed by atoms with E-state index in [2.05, 4.69) is 33.9 Å². The highest BCUT2D eigenvalue weighted by Gasteiger charge is 2.65. The lowest BCUT2D eigenvalue weighted by Crippen LogP contribution is -2.65. The molecule has 4 aliphatic rings. The van der Waals surface area contributed by atoms with Crippen LogP contribution >= 0.6 is 0 Å². The molecule has 1 spiro atoms. The molecule has 2 bridgehead atoms. The van der Waals surface area contributed by atoms with E-state index in [0.29, 0.717) is 18.8 Å². The van der Waals surface area contributed by atoms with Gasteiger partial charge in [0.25, 0.3) is 0 Å². The summed E-state index contributed by atoms with van der Waals surface area (Å²) in [4.78, 5) is 11.8. The van der Waals surface area contributed by atoms with E-state index in [9.17, 15) is 9.90 Å². The molecule has 0 radical (unpaired) electrons. The van der Waals surface area contributed by atoms with Gasteiger partial charge in [-0.2, -0.15) is 0 Å². The highest BCUT2D eigenvalue weighted by molar-refractivity contribution is 6.74. The van der Waals surface area contributed by atoms with Crippen LogP contribution < -0.4 is 0 Å². The van der Waals surface area contributed by atoms with Crippen LogP contribution in [0.3, 0.4) is 0 Å². The summed E-state index contributed by atoms with van der Waals surface area (Å²) >= 11 is 0. The summed E-state index contributed by atoms with van der Waals surface area (Å²) < 4.78 is 17.8. The number of hydrogen-bond donors (Lipinski definition) is 1. The Balaban J connectivity index is 1.85. The lowest BCUT2D eigenvalue weighted by atomic mass is 9.65. The van der Waals surface area contributed by atoms with Gasteiger partial charge in [0, 0.05) is 13.0 Å². The zero-order chi connectivity index (χ0) is 17.2. The van der Waals surface area contributed by atoms with E-state index in [0.717, 1.165) is 0 Å². The Labute approximate surface area is 139 Å². The normalized spacial score (nSPS) is 39.6. The first-order valence-electron chi connectivity index (χ1n) is 8.42. The van der Waals surface area contributed by atoms with E-state index >= 15 is 0 Å². The van der Waals surface area contributed by atoms with Crippen LogP contribution in [0.15, 0.2) is 11.8 Å². The fourth-order valence-corrected chi connectivity index (χ4v) is 4.72. The Bertz CT molecular complexity index is 550. The van der Waals surface area contributed by atoms with E-state index < -0.39 is 20.0 Å². The third-order valence-corrected chi connectivity index (χ3v) is 10.7. The number of hydrogen-bond acceptors (Lipinski definition) is 5. The summed E-state index contributed by atoms with van der Waals surface area (Å²) in [5.74, 6) is 0.0976. The number of aliphatic hydroxyl groups excluding tert-OH is 1. The molecule has 130 valence electrons. The minimum Gasteiger partial charge on any atom is -0.487 e. The maximum atomic E-state index is 11.8. The number of aliphatic hydroxyl groups is 1. The Morgan fingerprint density at radius 2 is 2.09 bits per heavy atom. The second-order valence-corrected chi connectivity index (χ2v) is 13.6. The van der Waals surface area contributed by atoms with Gasteiger partial charge in [-0.1, -0.05) is 27.7 Å². The molecule has 23 heavy (non-hydrogen) atoms. The van der Waals surface area contributed by atoms with E-state index in [-0.39, 0.29) is 28.9 Å². The maximum Gasteiger partial charge on any atom is 0.335 e. The predicted molar refractivity (Wildman–Crippen MR) is 88.2 cm³/mol. The maximum absolute atomic E-state index is 11.8. The van der Waals surface area contributed by atoms with Gasteiger partial charge >= 0.3 is 5.97 Å². The number of carbonyl (C=O) groups is 1. The van der Waals surface area contributed by atoms with Crippen molar-refractivity contribution in [1.82, 2.24) is 0 Å². The summed E-state index contributed by atoms with van der Waals surface area (Å²) in [6, 6.07) is 0. The molecule has 0 amide bonds. The minimum absolute atomic E-state index is 0.0954. The fourth-order valence-electron chi connectivity index (χ4n) is 3.69. The van der Waals surface area contributed by atoms with Crippen molar-refractivity contribution in [2.24, 2.45) is 11.8 Å². The van der Waals surface area contributed by atoms with Crippen LogP contribution in [0.5, 0.6) is 0 Å². The van der Waals surface area contributed by atoms with E-state index in [4.69, 9.17) is 13.9 Å². The molecule has 3 heterocycles. The standard InChI is InChI=1S/C17H28O5Si/c1-10-8-17-11(9-20-23(5,6)16(2,3)4)14(19)15(10)21-12(17)7-13(18)22-17/h7,10-11,14-15,19H,8-9H2,1-6H3. The molecular weight excluding hydrogens is 312 g/mol. The third-order valence-electron chi connectivity index (χ3n) is 6.18. The van der Waals surface area contributed by atoms with Gasteiger partial charge < -0.3 is 19.0 Å². The van der Waals surface area contributed by atoms with Gasteiger partial charge in [-0.3, -0.25) is 0 Å². The van der Waals surface area contributed by atoms with Gasteiger partial charge in [0.15, 0.2) is 13.9 Å². The lowest BCUT2D eigenvalue weighted by Gasteiger charge is -2.55. The Morgan fingerprint density at radius 3 is 2.70 bits per heavy atom. The Kier molecular flexibility index (Phi) is 3.74. The van der Waals surface area contributed by atoms with Crippen molar-refractivity contribution in [3.8, 4) is 0 Å². The molecule has 6 heteroatoms. The highest BCUT2D eigenvalue weighted by atomic mass is 28.4. The molecule has 2 saturated heterocycles. The van der Waals surface area contributed by atoms with Crippen molar-refractivity contribution in [1.29, 1.82) is 0 Å². The lowest BCUT2D eigenvalue weighted by molar-refractivity contribution is -0.236. The van der Waals surface area contributed by atoms with Crippen molar-refractivity contribution >= 4 is 14.3 Å². The minimum atomic E-state index is -1.94. The van der Waals surface area contributed by atoms with Gasteiger partial charge in [-0.25, -0.2) is 4.79 Å². The van der Waals surface area contributed by atoms with Crippen molar-refractivity contribution in [3.63, 3.8) is 0 Å². The molecule has 1 saturated carbocycles. The smallest absolute Gasteiger partial charge is 0.335 e. The second kappa shape index (κ2) is 5.07. The first-order chi connectivity index (χ1) is 10.5. The van der Waals surface area contributed by atoms with Gasteiger partial charge in [0.05, 0.1) is 12.0 Å². The first kappa shape index (κ1) is 17.0. The Hall–Kier alpha value is -0.853. The number of fused-ring (bicyclic) bond motifs is 2. The van der Waals surface area contributed by atoms with Crippen LogP contribution in [0.1, 0.15) is 34.1 Å². The summed E-state index contributed by atoms with van der Waals surface area (Å²) in [5.41, 5.74) is -0.840. The quantitative estimate of drug-likeness (QED) is 0.632. The summed E-state index contributed by atoms with van der Waals surface area (Å²) in [6.45, 7) is 13.4. The van der Waals surface area contributed by atoms with Crippen molar-refractivity contribution in [2.45, 2.75) is 70.1 Å². The predicted octanol–water partition coefficient (Wildman–Crippen LogP) is 2.60. The van der Waals surface area contributed by atoms with Crippen LogP contribution in [-0.4, -0.2) is 43.8 Å². The number of esters is 1. The monoisotopic (exact) mass is 340 g/mol. The van der Waals surface area contributed by atoms with E-state index in [1.807, 2.05) is 6.92 Å². The highest BCUT2D eigenvalue weighted by Crippen LogP contribution is 2.54. The number of carbonyl (C=O) groups excluding carboxylic acids is 1. The zero-order valence-corrected chi connectivity index (χ0v) is 15.9. The average Bonchev–Trinajstić information content (AvgIpc) is 2.71. The molecule has 0 aromatic rings. The van der Waals surface area contributed by atoms with Gasteiger partial charge in [0.2, 0.25) is 0 Å². The third kappa shape index (κ3) is 2.46. The van der Waals surface area contributed by atoms with Crippen molar-refractivity contribution in [2.75, 3.05) is 6.61 Å². The largest absolute Gasteiger partial charge is 0.487 e. The fraction of sp³-hybridized carbons (Fsp3) is 0.824. The van der Waals surface area contributed by atoms with Crippen LogP contribution in [0.4, 0.5) is 0 Å². The molecule has 1 N–H and O–H groups in total. The topological polar surface area (TPSA) is 65.0 Å². The number of rotatable bonds is 3. The van der Waals surface area contributed by atoms with Crippen molar-refractivity contribution < 1.29 is 23.8 Å². The number of ether oxygens (including phenoxy) is 2. The van der Waals surface area contributed by atoms with E-state index in [1.54, 1.807) is 0 Å². The summed E-state index contributed by atoms with van der Waals surface area (Å²) in [5, 5.41) is 10.8. The van der Waals surface area contributed by atoms with Gasteiger partial charge in [-0.05, 0) is 24.1 Å². The molecule has 4 rings (SSSR count). The SMILES string of the molecule is CC1CC23OC(=O)C=C2OC1C(O)C3CO[Si](C)(C)C(C)(C)C. The van der Waals surface area contributed by atoms with Gasteiger partial charge in [-0.15, -0.1) is 0 Å². The summed E-state index contributed by atoms with van der Waals surface area (Å²) in [7, 11) is -1.94. The first-order valence-corrected chi connectivity index (χ1v) is 11.3. The summed E-state index contributed by atoms with van der Waals surface area (Å²) in [6.07, 6.45) is 1.17. The van der Waals surface area contributed by atoms with E-state index in [1.165, 1.54) is 6.08 Å². The molecule has 5 nitrogen and oxygen atoms in total. The van der Waals surface area contributed by atoms with Gasteiger partial charge in [0.1, 0.15) is 18.0 Å². The molecule has 0 aromatic heterocycles. The van der Waals surface area contributed by atoms with Crippen LogP contribution in [-0.2, 0) is 18.7 Å². The van der Waals surface area contributed by atoms with Crippen LogP contribution in [0.2, 0.25) is 18.1 Å². The molecule has 3 aliphatic heterocycles. The molecule has 0 aromatic carbocycles. The van der Waals surface area contributed by atoms with Crippen LogP contribution in [0.25, 0.3) is 0 Å². The molecular formula is C17H28O5Si. The average molecular weight is 340 g/mol. The zero-order valence-electron chi connectivity index (χ0n) is 14.9. The molecule has 5 atom stereocenters. The Morgan fingerprint density at radius 1 is 1.43 bits per heavy atom.